The van der Waals surface area contributed by atoms with Gasteiger partial charge in [-0.2, -0.15) is 0 Å². The highest BCUT2D eigenvalue weighted by Crippen LogP contribution is 2.22. The number of aliphatic hydroxyl groups excluding tert-OH is 1. The van der Waals surface area contributed by atoms with Crippen LogP contribution in [0.5, 0.6) is 0 Å². The summed E-state index contributed by atoms with van der Waals surface area (Å²) >= 11 is 0. The molecule has 0 aromatic carbocycles. The summed E-state index contributed by atoms with van der Waals surface area (Å²) in [4.78, 5) is 9.65. The Kier molecular flexibility index (Phi) is 5.59. The molecule has 0 aliphatic heterocycles. The number of nitrogens with one attached hydrogen (secondary N) is 1. The molecule has 5 heteroatoms. The summed E-state index contributed by atoms with van der Waals surface area (Å²) in [5, 5.41) is 9.23. The van der Waals surface area contributed by atoms with E-state index < -0.39 is 0 Å². The number of aromatic amines is 1. The van der Waals surface area contributed by atoms with E-state index in [1.54, 1.807) is 6.33 Å². The highest BCUT2D eigenvalue weighted by atomic mass is 16.3. The number of hydrogen-bond donors (Lipinski definition) is 2. The number of furan rings is 1. The molecule has 0 saturated carbocycles. The molecule has 0 aliphatic carbocycles. The molecule has 21 heavy (non-hydrogen) atoms. The summed E-state index contributed by atoms with van der Waals surface area (Å²) in [5.74, 6) is 2.36. The molecule has 0 aliphatic rings. The van der Waals surface area contributed by atoms with Crippen molar-refractivity contribution in [1.82, 2.24) is 14.9 Å². The van der Waals surface area contributed by atoms with Crippen LogP contribution in [0.3, 0.4) is 0 Å². The van der Waals surface area contributed by atoms with Gasteiger partial charge in [0, 0.05) is 24.7 Å². The van der Waals surface area contributed by atoms with Crippen molar-refractivity contribution in [3.8, 4) is 0 Å². The van der Waals surface area contributed by atoms with E-state index >= 15 is 0 Å². The van der Waals surface area contributed by atoms with Crippen LogP contribution in [0.2, 0.25) is 0 Å². The molecule has 2 heterocycles. The predicted molar refractivity (Wildman–Crippen MR) is 82.2 cm³/mol. The van der Waals surface area contributed by atoms with E-state index in [0.717, 1.165) is 42.4 Å². The SMILES string of the molecule is Cc1ccc(C(C)CCN(CCO)Cc2nc[nH]c2C)o1. The van der Waals surface area contributed by atoms with Crippen LogP contribution in [-0.4, -0.2) is 39.7 Å². The van der Waals surface area contributed by atoms with Crippen molar-refractivity contribution in [2.45, 2.75) is 39.7 Å². The zero-order chi connectivity index (χ0) is 15.2. The van der Waals surface area contributed by atoms with E-state index in [9.17, 15) is 5.11 Å². The average Bonchev–Trinajstić information content (AvgIpc) is 3.05. The monoisotopic (exact) mass is 291 g/mol. The third kappa shape index (κ3) is 4.44. The van der Waals surface area contributed by atoms with Gasteiger partial charge in [-0.25, -0.2) is 4.98 Å². The number of rotatable bonds is 8. The van der Waals surface area contributed by atoms with Crippen LogP contribution in [0.1, 0.15) is 42.2 Å². The van der Waals surface area contributed by atoms with Crippen molar-refractivity contribution >= 4 is 0 Å². The first-order chi connectivity index (χ1) is 10.1. The molecule has 2 N–H and O–H groups in total. The summed E-state index contributed by atoms with van der Waals surface area (Å²) < 4.78 is 5.68. The van der Waals surface area contributed by atoms with Gasteiger partial charge in [0.25, 0.3) is 0 Å². The first-order valence-corrected chi connectivity index (χ1v) is 7.48. The minimum absolute atomic E-state index is 0.164. The highest BCUT2D eigenvalue weighted by Gasteiger charge is 2.14. The molecule has 0 amide bonds. The minimum Gasteiger partial charge on any atom is -0.466 e. The van der Waals surface area contributed by atoms with Crippen molar-refractivity contribution in [2.75, 3.05) is 19.7 Å². The molecule has 5 nitrogen and oxygen atoms in total. The lowest BCUT2D eigenvalue weighted by Gasteiger charge is -2.22. The molecular formula is C16H25N3O2. The highest BCUT2D eigenvalue weighted by molar-refractivity contribution is 5.10. The van der Waals surface area contributed by atoms with Crippen LogP contribution in [0.25, 0.3) is 0 Å². The van der Waals surface area contributed by atoms with Crippen LogP contribution >= 0.6 is 0 Å². The van der Waals surface area contributed by atoms with Gasteiger partial charge < -0.3 is 14.5 Å². The fraction of sp³-hybridized carbons (Fsp3) is 0.562. The summed E-state index contributed by atoms with van der Waals surface area (Å²) in [6.07, 6.45) is 2.71. The Bertz CT molecular complexity index is 547. The van der Waals surface area contributed by atoms with E-state index in [4.69, 9.17) is 4.42 Å². The normalized spacial score (nSPS) is 13.0. The summed E-state index contributed by atoms with van der Waals surface area (Å²) in [6.45, 7) is 8.67. The van der Waals surface area contributed by atoms with E-state index in [2.05, 4.69) is 21.8 Å². The van der Waals surface area contributed by atoms with E-state index in [-0.39, 0.29) is 6.61 Å². The predicted octanol–water partition coefficient (Wildman–Crippen LogP) is 2.61. The van der Waals surface area contributed by atoms with E-state index in [1.807, 2.05) is 26.0 Å². The standard InChI is InChI=1S/C16H25N3O2/c1-12(16-5-4-13(2)21-16)6-7-19(8-9-20)10-15-14(3)17-11-18-15/h4-5,11-12,20H,6-10H2,1-3H3,(H,17,18). The molecule has 0 radical (unpaired) electrons. The molecule has 0 spiro atoms. The Hall–Kier alpha value is -1.59. The van der Waals surface area contributed by atoms with Gasteiger partial charge in [-0.3, -0.25) is 4.90 Å². The lowest BCUT2D eigenvalue weighted by molar-refractivity contribution is 0.183. The Morgan fingerprint density at radius 1 is 1.33 bits per heavy atom. The number of aryl methyl sites for hydroxylation is 2. The third-order valence-corrected chi connectivity index (χ3v) is 3.85. The molecule has 1 atom stereocenters. The van der Waals surface area contributed by atoms with Crippen LogP contribution in [0.4, 0.5) is 0 Å². The lowest BCUT2D eigenvalue weighted by atomic mass is 10.0. The zero-order valence-electron chi connectivity index (χ0n) is 13.1. The van der Waals surface area contributed by atoms with Gasteiger partial charge in [-0.15, -0.1) is 0 Å². The molecule has 2 aromatic rings. The van der Waals surface area contributed by atoms with Crippen molar-refractivity contribution in [1.29, 1.82) is 0 Å². The molecule has 0 saturated heterocycles. The number of aliphatic hydroxyl groups is 1. The smallest absolute Gasteiger partial charge is 0.107 e. The number of H-pyrrole nitrogens is 1. The molecule has 0 bridgehead atoms. The van der Waals surface area contributed by atoms with E-state index in [0.29, 0.717) is 12.5 Å². The maximum atomic E-state index is 9.23. The third-order valence-electron chi connectivity index (χ3n) is 3.85. The molecule has 1 unspecified atom stereocenters. The second-order valence-electron chi connectivity index (χ2n) is 5.61. The fourth-order valence-electron chi connectivity index (χ4n) is 2.41. The summed E-state index contributed by atoms with van der Waals surface area (Å²) in [6, 6.07) is 4.05. The van der Waals surface area contributed by atoms with Gasteiger partial charge in [0.1, 0.15) is 11.5 Å². The van der Waals surface area contributed by atoms with Crippen molar-refractivity contribution in [3.63, 3.8) is 0 Å². The zero-order valence-corrected chi connectivity index (χ0v) is 13.1. The van der Waals surface area contributed by atoms with Crippen LogP contribution < -0.4 is 0 Å². The molecule has 116 valence electrons. The van der Waals surface area contributed by atoms with Gasteiger partial charge in [0.15, 0.2) is 0 Å². The number of nitrogens with zero attached hydrogens (tertiary/aromatic N) is 2. The van der Waals surface area contributed by atoms with Crippen LogP contribution in [-0.2, 0) is 6.54 Å². The Morgan fingerprint density at radius 2 is 2.14 bits per heavy atom. The van der Waals surface area contributed by atoms with Gasteiger partial charge in [-0.1, -0.05) is 6.92 Å². The summed E-state index contributed by atoms with van der Waals surface area (Å²) in [7, 11) is 0. The van der Waals surface area contributed by atoms with Crippen molar-refractivity contribution in [2.24, 2.45) is 0 Å². The van der Waals surface area contributed by atoms with Crippen molar-refractivity contribution < 1.29 is 9.52 Å². The average molecular weight is 291 g/mol. The Balaban J connectivity index is 1.89. The van der Waals surface area contributed by atoms with Crippen LogP contribution in [0.15, 0.2) is 22.9 Å². The maximum Gasteiger partial charge on any atom is 0.107 e. The van der Waals surface area contributed by atoms with Crippen molar-refractivity contribution in [3.05, 3.63) is 41.4 Å². The number of aromatic nitrogens is 2. The van der Waals surface area contributed by atoms with Gasteiger partial charge in [-0.05, 0) is 38.9 Å². The Labute approximate surface area is 126 Å². The second kappa shape index (κ2) is 7.43. The van der Waals surface area contributed by atoms with Gasteiger partial charge in [0.05, 0.1) is 18.6 Å². The topological polar surface area (TPSA) is 65.3 Å². The largest absolute Gasteiger partial charge is 0.466 e. The van der Waals surface area contributed by atoms with Crippen LogP contribution in [0, 0.1) is 13.8 Å². The van der Waals surface area contributed by atoms with Gasteiger partial charge in [0.2, 0.25) is 0 Å². The van der Waals surface area contributed by atoms with E-state index in [1.165, 1.54) is 0 Å². The van der Waals surface area contributed by atoms with Gasteiger partial charge >= 0.3 is 0 Å². The maximum absolute atomic E-state index is 9.23. The molecule has 2 rings (SSSR count). The molecule has 2 aromatic heterocycles. The lowest BCUT2D eigenvalue weighted by Crippen LogP contribution is -2.28. The quantitative estimate of drug-likeness (QED) is 0.784. The fourth-order valence-corrected chi connectivity index (χ4v) is 2.41. The number of imidazole rings is 1. The second-order valence-corrected chi connectivity index (χ2v) is 5.61. The minimum atomic E-state index is 0.164. The Morgan fingerprint density at radius 3 is 2.71 bits per heavy atom. The first-order valence-electron chi connectivity index (χ1n) is 7.48. The summed E-state index contributed by atoms with van der Waals surface area (Å²) in [5.41, 5.74) is 2.14. The molecule has 0 fully saturated rings. The first kappa shape index (κ1) is 15.8. The number of hydrogen-bond acceptors (Lipinski definition) is 4. The molecular weight excluding hydrogens is 266 g/mol.